The Morgan fingerprint density at radius 2 is 1.65 bits per heavy atom. The first kappa shape index (κ1) is 13.0. The number of benzene rings is 1. The van der Waals surface area contributed by atoms with Gasteiger partial charge in [-0.15, -0.1) is 0 Å². The summed E-state index contributed by atoms with van der Waals surface area (Å²) in [6.45, 7) is 0.593. The first-order chi connectivity index (χ1) is 7.74. The number of rotatable bonds is 1. The fourth-order valence-corrected chi connectivity index (χ4v) is 1.20. The molecule has 1 aromatic rings. The quantitative estimate of drug-likeness (QED) is 0.818. The Morgan fingerprint density at radius 3 is 2.06 bits per heavy atom. The van der Waals surface area contributed by atoms with Gasteiger partial charge in [0, 0.05) is 0 Å². The van der Waals surface area contributed by atoms with E-state index in [0.717, 1.165) is 18.2 Å². The van der Waals surface area contributed by atoms with Crippen molar-refractivity contribution in [3.8, 4) is 12.1 Å². The molecule has 0 bridgehead atoms. The lowest BCUT2D eigenvalue weighted by Gasteiger charge is -2.26. The van der Waals surface area contributed by atoms with Gasteiger partial charge in [-0.25, -0.2) is 0 Å². The number of hydrogen-bond donors (Lipinski definition) is 1. The Balaban J connectivity index is 3.38. The molecule has 0 saturated carbocycles. The molecule has 17 heavy (non-hydrogen) atoms. The monoisotopic (exact) mass is 240 g/mol. The van der Waals surface area contributed by atoms with Gasteiger partial charge < -0.3 is 5.11 Å². The fraction of sp³-hybridized carbons (Fsp3) is 0.273. The van der Waals surface area contributed by atoms with Gasteiger partial charge in [0.1, 0.15) is 12.1 Å². The molecule has 0 aliphatic heterocycles. The smallest absolute Gasteiger partial charge is 0.376 e. The SMILES string of the molecule is CC(O)(c1ccc(C#N)c(C#N)c1)C(F)(F)F. The lowest BCUT2D eigenvalue weighted by atomic mass is 9.92. The zero-order valence-electron chi connectivity index (χ0n) is 8.71. The van der Waals surface area contributed by atoms with E-state index in [9.17, 15) is 18.3 Å². The van der Waals surface area contributed by atoms with Gasteiger partial charge in [0.15, 0.2) is 5.60 Å². The molecule has 0 amide bonds. The van der Waals surface area contributed by atoms with Crippen molar-refractivity contribution >= 4 is 0 Å². The zero-order valence-corrected chi connectivity index (χ0v) is 8.71. The molecule has 88 valence electrons. The summed E-state index contributed by atoms with van der Waals surface area (Å²) in [7, 11) is 0. The Kier molecular flexibility index (Phi) is 3.12. The van der Waals surface area contributed by atoms with Crippen LogP contribution in [0.4, 0.5) is 13.2 Å². The van der Waals surface area contributed by atoms with E-state index in [2.05, 4.69) is 0 Å². The van der Waals surface area contributed by atoms with Crippen LogP contribution in [0.15, 0.2) is 18.2 Å². The maximum absolute atomic E-state index is 12.5. The summed E-state index contributed by atoms with van der Waals surface area (Å²) in [5.74, 6) is 0. The second kappa shape index (κ2) is 4.08. The summed E-state index contributed by atoms with van der Waals surface area (Å²) in [6.07, 6.45) is -4.85. The Labute approximate surface area is 95.3 Å². The van der Waals surface area contributed by atoms with Crippen molar-refractivity contribution < 1.29 is 18.3 Å². The van der Waals surface area contributed by atoms with Gasteiger partial charge in [0.25, 0.3) is 0 Å². The lowest BCUT2D eigenvalue weighted by molar-refractivity contribution is -0.258. The van der Waals surface area contributed by atoms with Crippen molar-refractivity contribution in [2.24, 2.45) is 0 Å². The molecular weight excluding hydrogens is 233 g/mol. The Hall–Kier alpha value is -2.05. The normalized spacial score (nSPS) is 14.5. The predicted octanol–water partition coefficient (Wildman–Crippen LogP) is 2.20. The number of nitriles is 2. The lowest BCUT2D eigenvalue weighted by Crippen LogP contribution is -2.39. The van der Waals surface area contributed by atoms with Crippen LogP contribution in [-0.4, -0.2) is 11.3 Å². The summed E-state index contributed by atoms with van der Waals surface area (Å²) < 4.78 is 37.6. The van der Waals surface area contributed by atoms with Crippen LogP contribution in [0.25, 0.3) is 0 Å². The summed E-state index contributed by atoms with van der Waals surface area (Å²) >= 11 is 0. The molecule has 0 heterocycles. The van der Waals surface area contributed by atoms with E-state index >= 15 is 0 Å². The molecule has 0 saturated heterocycles. The van der Waals surface area contributed by atoms with Crippen molar-refractivity contribution in [3.05, 3.63) is 34.9 Å². The molecule has 1 aromatic carbocycles. The van der Waals surface area contributed by atoms with Gasteiger partial charge in [0.05, 0.1) is 11.1 Å². The second-order valence-electron chi connectivity index (χ2n) is 3.55. The van der Waals surface area contributed by atoms with E-state index in [4.69, 9.17) is 10.5 Å². The van der Waals surface area contributed by atoms with Crippen LogP contribution in [0.5, 0.6) is 0 Å². The molecule has 0 aliphatic rings. The van der Waals surface area contributed by atoms with Crippen LogP contribution in [0, 0.1) is 22.7 Å². The minimum atomic E-state index is -4.85. The van der Waals surface area contributed by atoms with Crippen LogP contribution < -0.4 is 0 Å². The molecule has 1 unspecified atom stereocenters. The third-order valence-electron chi connectivity index (χ3n) is 2.37. The van der Waals surface area contributed by atoms with Crippen LogP contribution in [0.3, 0.4) is 0 Å². The van der Waals surface area contributed by atoms with E-state index in [-0.39, 0.29) is 11.1 Å². The number of alkyl halides is 3. The third kappa shape index (κ3) is 2.22. The molecule has 0 aliphatic carbocycles. The minimum Gasteiger partial charge on any atom is -0.376 e. The summed E-state index contributed by atoms with van der Waals surface area (Å²) in [5.41, 5.74) is -3.75. The number of halogens is 3. The zero-order chi connectivity index (χ0) is 13.3. The minimum absolute atomic E-state index is 0.0331. The number of nitrogens with zero attached hydrogens (tertiary/aromatic N) is 2. The molecule has 6 heteroatoms. The van der Waals surface area contributed by atoms with E-state index < -0.39 is 17.3 Å². The van der Waals surface area contributed by atoms with Crippen LogP contribution in [0.1, 0.15) is 23.6 Å². The first-order valence-electron chi connectivity index (χ1n) is 4.48. The number of hydrogen-bond acceptors (Lipinski definition) is 3. The van der Waals surface area contributed by atoms with Gasteiger partial charge in [-0.3, -0.25) is 0 Å². The van der Waals surface area contributed by atoms with Crippen LogP contribution >= 0.6 is 0 Å². The Morgan fingerprint density at radius 1 is 1.12 bits per heavy atom. The highest BCUT2D eigenvalue weighted by atomic mass is 19.4. The molecule has 1 N–H and O–H groups in total. The fourth-order valence-electron chi connectivity index (χ4n) is 1.20. The van der Waals surface area contributed by atoms with Crippen molar-refractivity contribution in [2.45, 2.75) is 18.7 Å². The molecule has 0 spiro atoms. The van der Waals surface area contributed by atoms with Crippen molar-refractivity contribution in [1.29, 1.82) is 10.5 Å². The highest BCUT2D eigenvalue weighted by Crippen LogP contribution is 2.38. The van der Waals surface area contributed by atoms with Gasteiger partial charge in [-0.2, -0.15) is 23.7 Å². The molecule has 1 atom stereocenters. The van der Waals surface area contributed by atoms with Gasteiger partial charge in [-0.05, 0) is 24.6 Å². The average molecular weight is 240 g/mol. The second-order valence-corrected chi connectivity index (χ2v) is 3.55. The molecule has 1 rings (SSSR count). The van der Waals surface area contributed by atoms with Crippen LogP contribution in [-0.2, 0) is 5.60 Å². The maximum Gasteiger partial charge on any atom is 0.421 e. The molecule has 0 fully saturated rings. The predicted molar refractivity (Wildman–Crippen MR) is 51.5 cm³/mol. The number of aliphatic hydroxyl groups is 1. The van der Waals surface area contributed by atoms with E-state index in [1.807, 2.05) is 0 Å². The largest absolute Gasteiger partial charge is 0.421 e. The van der Waals surface area contributed by atoms with Crippen molar-refractivity contribution in [2.75, 3.05) is 0 Å². The standard InChI is InChI=1S/C11H7F3N2O/c1-10(17,11(12,13)14)9-3-2-7(5-15)8(4-9)6-16/h2-4,17H,1H3. The van der Waals surface area contributed by atoms with E-state index in [0.29, 0.717) is 6.92 Å². The van der Waals surface area contributed by atoms with Crippen molar-refractivity contribution in [1.82, 2.24) is 0 Å². The van der Waals surface area contributed by atoms with Gasteiger partial charge in [0.2, 0.25) is 0 Å². The highest BCUT2D eigenvalue weighted by molar-refractivity contribution is 5.48. The van der Waals surface area contributed by atoms with E-state index in [1.54, 1.807) is 12.1 Å². The van der Waals surface area contributed by atoms with Crippen molar-refractivity contribution in [3.63, 3.8) is 0 Å². The summed E-state index contributed by atoms with van der Waals surface area (Å²) in [5, 5.41) is 26.7. The summed E-state index contributed by atoms with van der Waals surface area (Å²) in [6, 6.07) is 6.21. The Bertz CT molecular complexity index is 521. The topological polar surface area (TPSA) is 67.8 Å². The summed E-state index contributed by atoms with van der Waals surface area (Å²) in [4.78, 5) is 0. The molecule has 0 radical (unpaired) electrons. The third-order valence-corrected chi connectivity index (χ3v) is 2.37. The molecule has 3 nitrogen and oxygen atoms in total. The maximum atomic E-state index is 12.5. The molecular formula is C11H7F3N2O. The van der Waals surface area contributed by atoms with Crippen LogP contribution in [0.2, 0.25) is 0 Å². The van der Waals surface area contributed by atoms with Gasteiger partial charge in [-0.1, -0.05) is 6.07 Å². The molecule has 0 aromatic heterocycles. The van der Waals surface area contributed by atoms with Gasteiger partial charge >= 0.3 is 6.18 Å². The van der Waals surface area contributed by atoms with E-state index in [1.165, 1.54) is 0 Å². The first-order valence-corrected chi connectivity index (χ1v) is 4.48. The average Bonchev–Trinajstić information content (AvgIpc) is 2.26. The highest BCUT2D eigenvalue weighted by Gasteiger charge is 2.51.